The molecule has 1 spiro atoms. The van der Waals surface area contributed by atoms with E-state index in [0.29, 0.717) is 24.9 Å². The van der Waals surface area contributed by atoms with E-state index in [1.54, 1.807) is 42.5 Å². The quantitative estimate of drug-likeness (QED) is 0.192. The molecule has 14 heteroatoms. The summed E-state index contributed by atoms with van der Waals surface area (Å²) in [6.07, 6.45) is -4.63. The lowest BCUT2D eigenvalue weighted by atomic mass is 9.50. The Morgan fingerprint density at radius 1 is 0.906 bits per heavy atom. The fraction of sp³-hybridized carbons (Fsp3) is 0.359. The Labute approximate surface area is 303 Å². The van der Waals surface area contributed by atoms with Gasteiger partial charge >= 0.3 is 29.8 Å². The molecule has 3 aromatic rings. The van der Waals surface area contributed by atoms with Crippen molar-refractivity contribution in [2.24, 2.45) is 0 Å². The molecule has 7 atom stereocenters. The molecule has 3 N–H and O–H groups in total. The van der Waals surface area contributed by atoms with Crippen LogP contribution in [0.15, 0.2) is 84.6 Å². The fourth-order valence-electron chi connectivity index (χ4n) is 8.27. The number of hydrogen-bond donors (Lipinski definition) is 3. The molecule has 53 heavy (non-hydrogen) atoms. The van der Waals surface area contributed by atoms with E-state index in [0.717, 1.165) is 12.5 Å². The minimum Gasteiger partial charge on any atom is -0.504 e. The molecular weight excluding hydrogens is 690 g/mol. The smallest absolute Gasteiger partial charge is 0.353 e. The number of carbonyl (C=O) groups excluding carboxylic acids is 4. The van der Waals surface area contributed by atoms with Crippen LogP contribution in [0.2, 0.25) is 0 Å². The predicted octanol–water partition coefficient (Wildman–Crippen LogP) is 3.19. The van der Waals surface area contributed by atoms with E-state index >= 15 is 0 Å². The van der Waals surface area contributed by atoms with Gasteiger partial charge in [-0.15, -0.1) is 0 Å². The van der Waals surface area contributed by atoms with E-state index < -0.39 is 71.7 Å². The second kappa shape index (κ2) is 13.7. The van der Waals surface area contributed by atoms with Crippen LogP contribution in [0, 0.1) is 0 Å². The van der Waals surface area contributed by atoms with E-state index in [1.807, 2.05) is 13.1 Å². The molecule has 3 aromatic carbocycles. The first kappa shape index (κ1) is 35.7. The Kier molecular flexibility index (Phi) is 9.20. The van der Waals surface area contributed by atoms with Gasteiger partial charge in [0.1, 0.15) is 5.76 Å². The van der Waals surface area contributed by atoms with E-state index in [9.17, 15) is 39.3 Å². The van der Waals surface area contributed by atoms with Crippen LogP contribution in [0.3, 0.4) is 0 Å². The number of hydrogen-bond acceptors (Lipinski definition) is 13. The van der Waals surface area contributed by atoms with Crippen molar-refractivity contribution in [3.63, 3.8) is 0 Å². The van der Waals surface area contributed by atoms with Crippen molar-refractivity contribution in [1.29, 1.82) is 0 Å². The number of aliphatic carboxylic acids is 1. The van der Waals surface area contributed by atoms with Gasteiger partial charge in [-0.25, -0.2) is 14.4 Å². The van der Waals surface area contributed by atoms with Crippen molar-refractivity contribution in [1.82, 2.24) is 4.90 Å². The molecule has 14 nitrogen and oxygen atoms in total. The van der Waals surface area contributed by atoms with Crippen LogP contribution in [-0.4, -0.2) is 87.5 Å². The third-order valence-corrected chi connectivity index (χ3v) is 10.6. The highest BCUT2D eigenvalue weighted by Crippen LogP contribution is 2.65. The number of nitrogens with zero attached hydrogens (tertiary/aromatic N) is 1. The van der Waals surface area contributed by atoms with Gasteiger partial charge in [0.15, 0.2) is 17.6 Å². The molecule has 7 rings (SSSR count). The monoisotopic (exact) mass is 727 g/mol. The number of carbonyl (C=O) groups is 5. The van der Waals surface area contributed by atoms with Gasteiger partial charge in [0.05, 0.1) is 17.4 Å². The van der Waals surface area contributed by atoms with Gasteiger partial charge in [-0.05, 0) is 44.1 Å². The molecule has 276 valence electrons. The molecule has 1 fully saturated rings. The van der Waals surface area contributed by atoms with E-state index in [2.05, 4.69) is 4.90 Å². The predicted molar refractivity (Wildman–Crippen MR) is 181 cm³/mol. The second-order valence-corrected chi connectivity index (χ2v) is 13.7. The average Bonchev–Trinajstić information content (AvgIpc) is 3.50. The summed E-state index contributed by atoms with van der Waals surface area (Å²) < 4.78 is 28.1. The maximum Gasteiger partial charge on any atom is 0.353 e. The first-order valence-corrected chi connectivity index (χ1v) is 17.1. The zero-order chi connectivity index (χ0) is 37.7. The van der Waals surface area contributed by atoms with Crippen LogP contribution in [-0.2, 0) is 54.8 Å². The Balaban J connectivity index is 1.12. The second-order valence-electron chi connectivity index (χ2n) is 13.7. The minimum atomic E-state index is -1.89. The van der Waals surface area contributed by atoms with Crippen LogP contribution in [0.5, 0.6) is 11.5 Å². The summed E-state index contributed by atoms with van der Waals surface area (Å²) in [7, 11) is 1.94. The van der Waals surface area contributed by atoms with E-state index in [4.69, 9.17) is 23.7 Å². The Morgan fingerprint density at radius 3 is 2.19 bits per heavy atom. The molecule has 0 radical (unpaired) electrons. The molecule has 0 amide bonds. The van der Waals surface area contributed by atoms with Crippen LogP contribution >= 0.6 is 0 Å². The lowest BCUT2D eigenvalue weighted by Crippen LogP contribution is -2.74. The Morgan fingerprint density at radius 2 is 1.55 bits per heavy atom. The molecule has 0 saturated carbocycles. The fourth-order valence-corrected chi connectivity index (χ4v) is 8.27. The first-order chi connectivity index (χ1) is 25.3. The van der Waals surface area contributed by atoms with Crippen molar-refractivity contribution in [3.8, 4) is 11.5 Å². The minimum absolute atomic E-state index is 0.0627. The molecule has 4 aliphatic rings. The van der Waals surface area contributed by atoms with E-state index in [1.165, 1.54) is 30.3 Å². The molecule has 0 aromatic heterocycles. The summed E-state index contributed by atoms with van der Waals surface area (Å²) in [6, 6.07) is 18.4. The van der Waals surface area contributed by atoms with Gasteiger partial charge < -0.3 is 43.9 Å². The zero-order valence-corrected chi connectivity index (χ0v) is 28.8. The number of aliphatic hydroxyl groups is 1. The summed E-state index contributed by atoms with van der Waals surface area (Å²) in [4.78, 5) is 67.0. The number of carboxylic acid groups (broad SMARTS) is 1. The number of ether oxygens (including phenoxy) is 5. The number of piperidine rings is 1. The third kappa shape index (κ3) is 6.07. The highest BCUT2D eigenvalue weighted by Gasteiger charge is 2.72. The molecule has 2 aliphatic carbocycles. The maximum atomic E-state index is 13.6. The van der Waals surface area contributed by atoms with Gasteiger partial charge in [-0.3, -0.25) is 9.59 Å². The number of benzene rings is 3. The van der Waals surface area contributed by atoms with Crippen molar-refractivity contribution in [3.05, 3.63) is 107 Å². The summed E-state index contributed by atoms with van der Waals surface area (Å²) >= 11 is 0. The largest absolute Gasteiger partial charge is 0.504 e. The summed E-state index contributed by atoms with van der Waals surface area (Å²) in [5.41, 5.74) is -0.466. The zero-order valence-electron chi connectivity index (χ0n) is 28.8. The molecule has 1 saturated heterocycles. The van der Waals surface area contributed by atoms with Crippen molar-refractivity contribution in [2.45, 2.75) is 74.1 Å². The van der Waals surface area contributed by atoms with Gasteiger partial charge in [-0.2, -0.15) is 0 Å². The van der Waals surface area contributed by atoms with Gasteiger partial charge in [-0.1, -0.05) is 66.7 Å². The first-order valence-electron chi connectivity index (χ1n) is 17.1. The van der Waals surface area contributed by atoms with Crippen molar-refractivity contribution < 1.29 is 63.0 Å². The molecular formula is C39H37NO13. The Bertz CT molecular complexity index is 2000. The highest BCUT2D eigenvalue weighted by atomic mass is 16.6. The highest BCUT2D eigenvalue weighted by molar-refractivity contribution is 5.88. The van der Waals surface area contributed by atoms with Crippen LogP contribution in [0.1, 0.15) is 60.6 Å². The lowest BCUT2D eigenvalue weighted by Gasteiger charge is -2.61. The van der Waals surface area contributed by atoms with Gasteiger partial charge in [0.2, 0.25) is 18.3 Å². The van der Waals surface area contributed by atoms with Crippen LogP contribution in [0.4, 0.5) is 0 Å². The number of phenolic OH excluding ortho intramolecular Hbond substituents is 1. The number of likely N-dealkylation sites (N-methyl/N-ethyl adjacent to an activating group) is 1. The summed E-state index contributed by atoms with van der Waals surface area (Å²) in [6.45, 7) is 1.62. The number of carboxylic acids is 1. The SMILES string of the molecule is CC(=O)O[C@@H](CC(=O)OC1=CC[C@@]2(O)[C@H]3Cc4ccc(O)c5c4[C@@]2(CCN3C)[C@H]1O5)C(=O)O[C@H](C(=O)O[C@H](C(=O)O)c1ccccc1)c1ccccc1. The summed E-state index contributed by atoms with van der Waals surface area (Å²) in [5, 5.41) is 33.0. The van der Waals surface area contributed by atoms with Gasteiger partial charge in [0, 0.05) is 36.1 Å². The topological polar surface area (TPSA) is 195 Å². The maximum absolute atomic E-state index is 13.6. The van der Waals surface area contributed by atoms with Crippen LogP contribution < -0.4 is 4.74 Å². The lowest BCUT2D eigenvalue weighted by molar-refractivity contribution is -0.185. The number of likely N-dealkylation sites (tertiary alicyclic amines) is 1. The normalized spacial score (nSPS) is 25.3. The summed E-state index contributed by atoms with van der Waals surface area (Å²) in [5.74, 6) is -5.78. The third-order valence-electron chi connectivity index (χ3n) is 10.6. The van der Waals surface area contributed by atoms with Crippen molar-refractivity contribution >= 4 is 29.8 Å². The standard InChI is InChI=1S/C39H37NO13/c1-21(41)49-27(36(46)53-32(23-11-7-4-8-12-23)37(47)52-31(35(44)45)22-9-5-3-6-10-22)20-29(43)50-26-15-16-39(48)28-19-24-13-14-25(42)33-30(24)38(39,34(26)51-33)17-18-40(28)2/h3-15,27-28,31-32,34,42,48H,16-20H2,1-2H3,(H,44,45)/t27-,28+,31-,32-,34-,38-,39+/m0/s1. The molecule has 2 bridgehead atoms. The number of esters is 4. The number of aromatic hydroxyl groups is 1. The van der Waals surface area contributed by atoms with Gasteiger partial charge in [0.25, 0.3) is 0 Å². The van der Waals surface area contributed by atoms with Crippen molar-refractivity contribution in [2.75, 3.05) is 13.6 Å². The number of phenols is 1. The van der Waals surface area contributed by atoms with Crippen LogP contribution in [0.25, 0.3) is 0 Å². The average molecular weight is 728 g/mol. The number of rotatable bonds is 11. The van der Waals surface area contributed by atoms with E-state index in [-0.39, 0.29) is 40.8 Å². The molecule has 2 heterocycles. The molecule has 2 aliphatic heterocycles. The Hall–Kier alpha value is -5.73. The molecule has 0 unspecified atom stereocenters.